The lowest BCUT2D eigenvalue weighted by Gasteiger charge is -2.13. The molecule has 1 atom stereocenters. The van der Waals surface area contributed by atoms with Crippen LogP contribution >= 0.6 is 11.8 Å². The number of thioether (sulfide) groups is 1. The van der Waals surface area contributed by atoms with Crippen molar-refractivity contribution in [1.29, 1.82) is 0 Å². The second-order valence-corrected chi connectivity index (χ2v) is 7.73. The first-order valence-corrected chi connectivity index (χ1v) is 9.16. The minimum Gasteiger partial charge on any atom is -0.368 e. The maximum Gasteiger partial charge on any atom is 0.229 e. The highest BCUT2D eigenvalue weighted by atomic mass is 32.2. The van der Waals surface area contributed by atoms with Crippen molar-refractivity contribution in [2.24, 2.45) is 5.92 Å². The van der Waals surface area contributed by atoms with Gasteiger partial charge in [-0.05, 0) is 12.8 Å². The first kappa shape index (κ1) is 16.9. The number of nitrogens with two attached hydrogens (primary N) is 1. The molecule has 130 valence electrons. The second-order valence-electron chi connectivity index (χ2n) is 6.43. The predicted molar refractivity (Wildman–Crippen MR) is 94.9 cm³/mol. The summed E-state index contributed by atoms with van der Waals surface area (Å²) in [5, 5.41) is 8.09. The van der Waals surface area contributed by atoms with Gasteiger partial charge in [-0.15, -0.1) is 5.10 Å². The molecule has 0 bridgehead atoms. The molecule has 0 unspecified atom stereocenters. The summed E-state index contributed by atoms with van der Waals surface area (Å²) >= 11 is 1.52. The highest BCUT2D eigenvalue weighted by Gasteiger charge is 2.19. The van der Waals surface area contributed by atoms with Crippen molar-refractivity contribution in [1.82, 2.24) is 30.1 Å². The molecule has 2 heterocycles. The summed E-state index contributed by atoms with van der Waals surface area (Å²) in [4.78, 5) is 19.2. The first-order chi connectivity index (χ1) is 11.5. The summed E-state index contributed by atoms with van der Waals surface area (Å²) in [6.07, 6.45) is 6.28. The number of hydrogen-bond acceptors (Lipinski definition) is 8. The van der Waals surface area contributed by atoms with Crippen LogP contribution in [-0.2, 0) is 6.42 Å². The van der Waals surface area contributed by atoms with Crippen LogP contribution in [0.5, 0.6) is 0 Å². The van der Waals surface area contributed by atoms with Crippen LogP contribution in [0.3, 0.4) is 0 Å². The zero-order chi connectivity index (χ0) is 17.1. The van der Waals surface area contributed by atoms with Crippen molar-refractivity contribution in [3.63, 3.8) is 0 Å². The van der Waals surface area contributed by atoms with Crippen molar-refractivity contribution in [3.8, 4) is 0 Å². The summed E-state index contributed by atoms with van der Waals surface area (Å²) in [5.74, 6) is 3.15. The van der Waals surface area contributed by atoms with E-state index >= 15 is 0 Å². The molecule has 0 radical (unpaired) electrons. The van der Waals surface area contributed by atoms with E-state index in [2.05, 4.69) is 30.1 Å². The van der Waals surface area contributed by atoms with Crippen LogP contribution in [0.1, 0.15) is 49.5 Å². The highest BCUT2D eigenvalue weighted by molar-refractivity contribution is 7.99. The molecule has 0 aromatic carbocycles. The molecule has 24 heavy (non-hydrogen) atoms. The maximum atomic E-state index is 5.79. The van der Waals surface area contributed by atoms with Gasteiger partial charge in [0.2, 0.25) is 17.1 Å². The number of H-pyrrole nitrogens is 1. The lowest BCUT2D eigenvalue weighted by Crippen LogP contribution is -2.16. The van der Waals surface area contributed by atoms with Gasteiger partial charge in [0.1, 0.15) is 11.6 Å². The Hall–Kier alpha value is -1.90. The zero-order valence-corrected chi connectivity index (χ0v) is 15.2. The molecule has 1 fully saturated rings. The van der Waals surface area contributed by atoms with Crippen LogP contribution < -0.4 is 10.6 Å². The average molecular weight is 348 g/mol. The third kappa shape index (κ3) is 4.14. The van der Waals surface area contributed by atoms with Crippen molar-refractivity contribution in [2.45, 2.75) is 49.4 Å². The van der Waals surface area contributed by atoms with E-state index < -0.39 is 0 Å². The Labute approximate surface area is 146 Å². The summed E-state index contributed by atoms with van der Waals surface area (Å²) in [5.41, 5.74) is 5.79. The molecule has 2 aromatic heterocycles. The van der Waals surface area contributed by atoms with E-state index in [1.807, 2.05) is 25.9 Å². The maximum absolute atomic E-state index is 5.79. The van der Waals surface area contributed by atoms with Crippen molar-refractivity contribution in [2.75, 3.05) is 24.7 Å². The summed E-state index contributed by atoms with van der Waals surface area (Å²) in [7, 11) is 3.75. The number of rotatable bonds is 6. The molecule has 0 spiro atoms. The molecule has 1 aliphatic carbocycles. The molecule has 0 aliphatic heterocycles. The predicted octanol–water partition coefficient (Wildman–Crippen LogP) is 2.22. The summed E-state index contributed by atoms with van der Waals surface area (Å²) in [6, 6.07) is 0. The van der Waals surface area contributed by atoms with Gasteiger partial charge in [-0.1, -0.05) is 37.4 Å². The van der Waals surface area contributed by atoms with Crippen LogP contribution in [0.2, 0.25) is 0 Å². The second kappa shape index (κ2) is 7.33. The van der Waals surface area contributed by atoms with Crippen LogP contribution in [0.25, 0.3) is 0 Å². The van der Waals surface area contributed by atoms with Gasteiger partial charge in [-0.3, -0.25) is 5.10 Å². The minimum absolute atomic E-state index is 0.0101. The normalized spacial score (nSPS) is 16.5. The summed E-state index contributed by atoms with van der Waals surface area (Å²) < 4.78 is 0. The Morgan fingerprint density at radius 2 is 1.96 bits per heavy atom. The fourth-order valence-electron chi connectivity index (χ4n) is 2.90. The fraction of sp³-hybridized carbons (Fsp3) is 0.667. The molecule has 0 saturated heterocycles. The third-order valence-electron chi connectivity index (χ3n) is 4.17. The van der Waals surface area contributed by atoms with E-state index in [0.29, 0.717) is 11.8 Å². The number of hydrogen-bond donors (Lipinski definition) is 2. The van der Waals surface area contributed by atoms with Gasteiger partial charge in [-0.25, -0.2) is 4.98 Å². The van der Waals surface area contributed by atoms with E-state index in [4.69, 9.17) is 5.73 Å². The number of nitrogens with zero attached hydrogens (tertiary/aromatic N) is 6. The Bertz CT molecular complexity index is 680. The quantitative estimate of drug-likeness (QED) is 0.765. The average Bonchev–Trinajstić information content (AvgIpc) is 3.19. The standard InChI is InChI=1S/C15H24N8S/c1-9(12-18-13(16)20-14(19-12)23(2)3)24-15-17-11(21-22-15)8-10-6-4-5-7-10/h9-10H,4-8H2,1-3H3,(H,17,21,22)(H2,16,18,19,20)/t9-/m0/s1. The van der Waals surface area contributed by atoms with Gasteiger partial charge in [0.05, 0.1) is 5.25 Å². The van der Waals surface area contributed by atoms with E-state index in [9.17, 15) is 0 Å². The zero-order valence-electron chi connectivity index (χ0n) is 14.4. The lowest BCUT2D eigenvalue weighted by molar-refractivity contribution is 0.531. The van der Waals surface area contributed by atoms with Gasteiger partial charge in [0.15, 0.2) is 0 Å². The third-order valence-corrected chi connectivity index (χ3v) is 5.13. The minimum atomic E-state index is -0.0101. The Kier molecular flexibility index (Phi) is 5.17. The van der Waals surface area contributed by atoms with Crippen molar-refractivity contribution < 1.29 is 0 Å². The van der Waals surface area contributed by atoms with E-state index in [1.54, 1.807) is 0 Å². The van der Waals surface area contributed by atoms with Gasteiger partial charge in [0, 0.05) is 20.5 Å². The monoisotopic (exact) mass is 348 g/mol. The molecule has 2 aromatic rings. The van der Waals surface area contributed by atoms with Gasteiger partial charge in [-0.2, -0.15) is 15.0 Å². The van der Waals surface area contributed by atoms with Crippen LogP contribution in [-0.4, -0.2) is 44.2 Å². The molecule has 9 heteroatoms. The molecule has 1 aliphatic rings. The molecule has 8 nitrogen and oxygen atoms in total. The number of aromatic amines is 1. The van der Waals surface area contributed by atoms with Gasteiger partial charge in [0.25, 0.3) is 0 Å². The number of aromatic nitrogens is 6. The molecular formula is C15H24N8S. The molecule has 0 amide bonds. The fourth-order valence-corrected chi connectivity index (χ4v) is 3.69. The van der Waals surface area contributed by atoms with Crippen LogP contribution in [0.4, 0.5) is 11.9 Å². The van der Waals surface area contributed by atoms with E-state index in [1.165, 1.54) is 37.4 Å². The van der Waals surface area contributed by atoms with Crippen molar-refractivity contribution >= 4 is 23.7 Å². The highest BCUT2D eigenvalue weighted by Crippen LogP contribution is 2.32. The van der Waals surface area contributed by atoms with Crippen LogP contribution in [0, 0.1) is 5.92 Å². The topological polar surface area (TPSA) is 110 Å². The molecular weight excluding hydrogens is 324 g/mol. The van der Waals surface area contributed by atoms with E-state index in [-0.39, 0.29) is 11.2 Å². The lowest BCUT2D eigenvalue weighted by atomic mass is 10.0. The Balaban J connectivity index is 1.66. The molecule has 3 rings (SSSR count). The summed E-state index contributed by atoms with van der Waals surface area (Å²) in [6.45, 7) is 2.02. The SMILES string of the molecule is C[C@H](Sc1n[nH]c(CC2CCCC2)n1)c1nc(N)nc(N(C)C)n1. The Morgan fingerprint density at radius 1 is 1.21 bits per heavy atom. The number of nitrogens with one attached hydrogen (secondary N) is 1. The molecule has 3 N–H and O–H groups in total. The molecule has 1 saturated carbocycles. The van der Waals surface area contributed by atoms with Gasteiger partial charge < -0.3 is 10.6 Å². The number of anilines is 2. The van der Waals surface area contributed by atoms with Crippen LogP contribution in [0.15, 0.2) is 5.16 Å². The van der Waals surface area contributed by atoms with Gasteiger partial charge >= 0.3 is 0 Å². The Morgan fingerprint density at radius 3 is 2.67 bits per heavy atom. The number of nitrogen functional groups attached to an aromatic ring is 1. The van der Waals surface area contributed by atoms with Crippen molar-refractivity contribution in [3.05, 3.63) is 11.6 Å². The largest absolute Gasteiger partial charge is 0.368 e. The first-order valence-electron chi connectivity index (χ1n) is 8.28. The smallest absolute Gasteiger partial charge is 0.229 e. The van der Waals surface area contributed by atoms with E-state index in [0.717, 1.165) is 23.3 Å².